The molecule has 7 heteroatoms. The number of ether oxygens (including phenoxy) is 3. The SMILES string of the molecule is CC(C)(C)[Si](OC[C@@H]1[C@H]2CCC3(O[C@H]2C[C@H]1OC1CCCCO1)SCCCS3)(c1ccccc1)c1ccccc1. The molecule has 0 N–H and O–H groups in total. The van der Waals surface area contributed by atoms with Crippen molar-refractivity contribution in [1.82, 2.24) is 0 Å². The number of thioether (sulfide) groups is 2. The highest BCUT2D eigenvalue weighted by Gasteiger charge is 2.55. The fourth-order valence-electron chi connectivity index (χ4n) is 7.45. The topological polar surface area (TPSA) is 36.9 Å². The normalized spacial score (nSPS) is 30.7. The van der Waals surface area contributed by atoms with Gasteiger partial charge in [-0.3, -0.25) is 0 Å². The van der Waals surface area contributed by atoms with Gasteiger partial charge in [0.15, 0.2) is 10.6 Å². The molecule has 1 saturated carbocycles. The Kier molecular flexibility index (Phi) is 9.10. The monoisotopic (exact) mass is 598 g/mol. The molecule has 0 aromatic heterocycles. The summed E-state index contributed by atoms with van der Waals surface area (Å²) in [6.45, 7) is 8.60. The fourth-order valence-corrected chi connectivity index (χ4v) is 15.2. The molecule has 2 aromatic carbocycles. The zero-order valence-electron chi connectivity index (χ0n) is 24.4. The summed E-state index contributed by atoms with van der Waals surface area (Å²) in [7, 11) is -2.63. The molecule has 0 bridgehead atoms. The first-order chi connectivity index (χ1) is 19.4. The van der Waals surface area contributed by atoms with Gasteiger partial charge in [0.2, 0.25) is 0 Å². The molecule has 0 radical (unpaired) electrons. The molecule has 3 saturated heterocycles. The summed E-state index contributed by atoms with van der Waals surface area (Å²) < 4.78 is 27.4. The van der Waals surface area contributed by atoms with E-state index in [0.29, 0.717) is 18.4 Å². The molecule has 40 heavy (non-hydrogen) atoms. The van der Waals surface area contributed by atoms with Gasteiger partial charge in [0, 0.05) is 25.6 Å². The van der Waals surface area contributed by atoms with Crippen LogP contribution in [0, 0.1) is 11.8 Å². The fraction of sp³-hybridized carbons (Fsp3) is 0.636. The molecule has 4 aliphatic rings. The van der Waals surface area contributed by atoms with Crippen molar-refractivity contribution in [3.8, 4) is 0 Å². The van der Waals surface area contributed by atoms with Crippen LogP contribution in [-0.2, 0) is 18.6 Å². The maximum absolute atomic E-state index is 7.51. The van der Waals surface area contributed by atoms with Gasteiger partial charge in [-0.2, -0.15) is 0 Å². The van der Waals surface area contributed by atoms with E-state index in [9.17, 15) is 0 Å². The molecule has 3 aliphatic heterocycles. The lowest BCUT2D eigenvalue weighted by Crippen LogP contribution is -2.67. The predicted octanol–water partition coefficient (Wildman–Crippen LogP) is 6.81. The minimum absolute atomic E-state index is 0.0426. The summed E-state index contributed by atoms with van der Waals surface area (Å²) in [6, 6.07) is 22.1. The van der Waals surface area contributed by atoms with Gasteiger partial charge in [0.05, 0.1) is 12.2 Å². The van der Waals surface area contributed by atoms with E-state index in [-0.39, 0.29) is 27.8 Å². The molecular formula is C33H46O4S2Si. The van der Waals surface area contributed by atoms with E-state index in [1.54, 1.807) is 0 Å². The molecular weight excluding hydrogens is 553 g/mol. The van der Waals surface area contributed by atoms with E-state index in [0.717, 1.165) is 32.3 Å². The third kappa shape index (κ3) is 5.86. The summed E-state index contributed by atoms with van der Waals surface area (Å²) in [5.41, 5.74) is 0. The van der Waals surface area contributed by atoms with Gasteiger partial charge in [-0.1, -0.05) is 81.4 Å². The van der Waals surface area contributed by atoms with E-state index in [1.165, 1.54) is 41.1 Å². The Morgan fingerprint density at radius 3 is 2.17 bits per heavy atom. The van der Waals surface area contributed by atoms with E-state index >= 15 is 0 Å². The lowest BCUT2D eigenvalue weighted by molar-refractivity contribution is -0.197. The highest BCUT2D eigenvalue weighted by atomic mass is 32.2. The molecule has 6 rings (SSSR count). The standard InChI is InChI=1S/C33H46O4S2Si/c1-32(2,3)40(25-13-6-4-7-14-25,26-15-8-5-9-16-26)35-24-28-27-18-19-33(38-21-12-22-39-33)37-30(27)23-29(28)36-31-17-10-11-20-34-31/h4-9,13-16,27-31H,10-12,17-24H2,1-3H3/t27-,28-,29-,30+,31?/m1/s1. The van der Waals surface area contributed by atoms with Gasteiger partial charge in [0.25, 0.3) is 8.32 Å². The van der Waals surface area contributed by atoms with Gasteiger partial charge in [-0.05, 0) is 71.4 Å². The number of hydrogen-bond donors (Lipinski definition) is 0. The summed E-state index contributed by atoms with van der Waals surface area (Å²) >= 11 is 4.08. The van der Waals surface area contributed by atoms with E-state index in [2.05, 4.69) is 81.4 Å². The first kappa shape index (κ1) is 29.3. The van der Waals surface area contributed by atoms with Gasteiger partial charge in [0.1, 0.15) is 0 Å². The van der Waals surface area contributed by atoms with Crippen molar-refractivity contribution < 1.29 is 18.6 Å². The number of benzene rings is 2. The largest absolute Gasteiger partial charge is 0.407 e. The second-order valence-electron chi connectivity index (χ2n) is 12.9. The highest BCUT2D eigenvalue weighted by Crippen LogP contribution is 2.56. The van der Waals surface area contributed by atoms with Gasteiger partial charge in [-0.25, -0.2) is 0 Å². The van der Waals surface area contributed by atoms with E-state index < -0.39 is 8.32 Å². The minimum Gasteiger partial charge on any atom is -0.407 e. The average Bonchev–Trinajstić information content (AvgIpc) is 3.30. The maximum atomic E-state index is 7.51. The number of hydrogen-bond acceptors (Lipinski definition) is 6. The van der Waals surface area contributed by atoms with Crippen LogP contribution < -0.4 is 10.4 Å². The molecule has 5 atom stereocenters. The van der Waals surface area contributed by atoms with Crippen LogP contribution in [-0.4, -0.2) is 55.8 Å². The van der Waals surface area contributed by atoms with E-state index in [4.69, 9.17) is 18.6 Å². The number of fused-ring (bicyclic) bond motifs is 1. The molecule has 3 heterocycles. The van der Waals surface area contributed by atoms with Crippen molar-refractivity contribution in [2.45, 2.75) is 93.5 Å². The van der Waals surface area contributed by atoms with E-state index in [1.807, 2.05) is 23.5 Å². The van der Waals surface area contributed by atoms with Crippen LogP contribution in [0.25, 0.3) is 0 Å². The van der Waals surface area contributed by atoms with Crippen molar-refractivity contribution in [2.75, 3.05) is 24.7 Å². The molecule has 4 fully saturated rings. The highest BCUT2D eigenvalue weighted by molar-refractivity contribution is 8.18. The summed E-state index contributed by atoms with van der Waals surface area (Å²) in [6.07, 6.45) is 8.08. The minimum atomic E-state index is -2.63. The van der Waals surface area contributed by atoms with Gasteiger partial charge in [-0.15, -0.1) is 23.5 Å². The first-order valence-electron chi connectivity index (χ1n) is 15.4. The summed E-state index contributed by atoms with van der Waals surface area (Å²) in [4.78, 5) is 0. The third-order valence-corrected chi connectivity index (χ3v) is 17.6. The predicted molar refractivity (Wildman–Crippen MR) is 170 cm³/mol. The van der Waals surface area contributed by atoms with Crippen molar-refractivity contribution in [2.24, 2.45) is 11.8 Å². The zero-order valence-corrected chi connectivity index (χ0v) is 27.0. The quantitative estimate of drug-likeness (QED) is 0.326. The Labute approximate surface area is 250 Å². The molecule has 1 aliphatic carbocycles. The Bertz CT molecular complexity index is 1040. The zero-order chi connectivity index (χ0) is 27.6. The van der Waals surface area contributed by atoms with Gasteiger partial charge >= 0.3 is 0 Å². The van der Waals surface area contributed by atoms with Crippen LogP contribution in [0.4, 0.5) is 0 Å². The molecule has 1 spiro atoms. The maximum Gasteiger partial charge on any atom is 0.261 e. The summed E-state index contributed by atoms with van der Waals surface area (Å²) in [5, 5.41) is 2.63. The first-order valence-corrected chi connectivity index (χ1v) is 19.3. The second-order valence-corrected chi connectivity index (χ2v) is 20.2. The van der Waals surface area contributed by atoms with Crippen LogP contribution >= 0.6 is 23.5 Å². The molecule has 4 nitrogen and oxygen atoms in total. The molecule has 218 valence electrons. The van der Waals surface area contributed by atoms with Crippen molar-refractivity contribution in [3.05, 3.63) is 60.7 Å². The average molecular weight is 599 g/mol. The number of rotatable bonds is 7. The van der Waals surface area contributed by atoms with Crippen LogP contribution in [0.2, 0.25) is 5.04 Å². The molecule has 1 unspecified atom stereocenters. The van der Waals surface area contributed by atoms with Crippen molar-refractivity contribution in [1.29, 1.82) is 0 Å². The Hall–Kier alpha value is -0.803. The second kappa shape index (κ2) is 12.4. The smallest absolute Gasteiger partial charge is 0.261 e. The summed E-state index contributed by atoms with van der Waals surface area (Å²) in [5.74, 6) is 3.18. The molecule has 0 amide bonds. The van der Waals surface area contributed by atoms with Crippen LogP contribution in [0.15, 0.2) is 60.7 Å². The lowest BCUT2D eigenvalue weighted by atomic mass is 9.88. The lowest BCUT2D eigenvalue weighted by Gasteiger charge is -2.46. The Morgan fingerprint density at radius 2 is 1.57 bits per heavy atom. The van der Waals surface area contributed by atoms with Crippen molar-refractivity contribution >= 4 is 42.2 Å². The Morgan fingerprint density at radius 1 is 0.900 bits per heavy atom. The molecule has 2 aromatic rings. The van der Waals surface area contributed by atoms with Crippen LogP contribution in [0.3, 0.4) is 0 Å². The Balaban J connectivity index is 1.30. The van der Waals surface area contributed by atoms with Crippen LogP contribution in [0.1, 0.15) is 65.7 Å². The third-order valence-electron chi connectivity index (χ3n) is 9.39. The van der Waals surface area contributed by atoms with Crippen LogP contribution in [0.5, 0.6) is 0 Å². The van der Waals surface area contributed by atoms with Gasteiger partial charge < -0.3 is 18.6 Å². The van der Waals surface area contributed by atoms with Crippen molar-refractivity contribution in [3.63, 3.8) is 0 Å².